The maximum atomic E-state index is 12.5. The second kappa shape index (κ2) is 6.46. The maximum absolute atomic E-state index is 12.5. The van der Waals surface area contributed by atoms with Gasteiger partial charge in [-0.1, -0.05) is 13.8 Å². The van der Waals surface area contributed by atoms with Crippen molar-refractivity contribution in [1.29, 1.82) is 0 Å². The van der Waals surface area contributed by atoms with E-state index in [0.717, 1.165) is 45.4 Å². The molecule has 2 aliphatic rings. The predicted octanol–water partition coefficient (Wildman–Crippen LogP) is 2.27. The van der Waals surface area contributed by atoms with Crippen molar-refractivity contribution in [3.05, 3.63) is 0 Å². The maximum Gasteiger partial charge on any atom is 0.320 e. The number of hydrogen-bond donors (Lipinski definition) is 1. The van der Waals surface area contributed by atoms with Gasteiger partial charge in [-0.3, -0.25) is 4.79 Å². The third kappa shape index (κ3) is 3.64. The van der Waals surface area contributed by atoms with Gasteiger partial charge >= 0.3 is 12.0 Å². The normalized spacial score (nSPS) is 28.5. The Labute approximate surface area is 120 Å². The summed E-state index contributed by atoms with van der Waals surface area (Å²) >= 11 is 0. The van der Waals surface area contributed by atoms with Crippen LogP contribution in [0.3, 0.4) is 0 Å². The number of carbonyl (C=O) groups is 2. The van der Waals surface area contributed by atoms with Gasteiger partial charge in [-0.2, -0.15) is 0 Å². The fourth-order valence-electron chi connectivity index (χ4n) is 3.40. The average Bonchev–Trinajstić information content (AvgIpc) is 2.84. The van der Waals surface area contributed by atoms with Crippen molar-refractivity contribution in [3.8, 4) is 0 Å². The second-order valence-electron chi connectivity index (χ2n) is 6.55. The Bertz CT molecular complexity index is 372. The van der Waals surface area contributed by atoms with E-state index in [1.165, 1.54) is 0 Å². The van der Waals surface area contributed by atoms with Gasteiger partial charge in [-0.05, 0) is 37.0 Å². The lowest BCUT2D eigenvalue weighted by atomic mass is 9.85. The lowest BCUT2D eigenvalue weighted by Crippen LogP contribution is -2.47. The van der Waals surface area contributed by atoms with Crippen molar-refractivity contribution in [3.63, 3.8) is 0 Å². The quantitative estimate of drug-likeness (QED) is 0.863. The second-order valence-corrected chi connectivity index (χ2v) is 6.55. The van der Waals surface area contributed by atoms with Crippen molar-refractivity contribution in [2.45, 2.75) is 39.5 Å². The molecule has 3 atom stereocenters. The van der Waals surface area contributed by atoms with Crippen LogP contribution in [0.25, 0.3) is 0 Å². The molecule has 0 spiro atoms. The highest BCUT2D eigenvalue weighted by Crippen LogP contribution is 2.27. The SMILES string of the molecule is CC1CCN(C(=O)N2CCCC(C(C)CC(=O)O)C2)C1. The molecule has 2 aliphatic heterocycles. The first-order valence-corrected chi connectivity index (χ1v) is 7.73. The first kappa shape index (κ1) is 15.1. The van der Waals surface area contributed by atoms with Crippen LogP contribution in [0.4, 0.5) is 4.79 Å². The van der Waals surface area contributed by atoms with Gasteiger partial charge in [0.1, 0.15) is 0 Å². The van der Waals surface area contributed by atoms with E-state index < -0.39 is 5.97 Å². The molecule has 1 N–H and O–H groups in total. The summed E-state index contributed by atoms with van der Waals surface area (Å²) in [4.78, 5) is 27.2. The van der Waals surface area contributed by atoms with Gasteiger partial charge in [0.15, 0.2) is 0 Å². The standard InChI is InChI=1S/C15H26N2O3/c1-11-5-7-17(9-11)15(20)16-6-3-4-13(10-16)12(2)8-14(18)19/h11-13H,3-10H2,1-2H3,(H,18,19). The molecule has 3 unspecified atom stereocenters. The van der Waals surface area contributed by atoms with Crippen LogP contribution in [-0.4, -0.2) is 53.1 Å². The van der Waals surface area contributed by atoms with E-state index in [-0.39, 0.29) is 18.4 Å². The van der Waals surface area contributed by atoms with Gasteiger partial charge in [0, 0.05) is 32.6 Å². The molecule has 114 valence electrons. The van der Waals surface area contributed by atoms with Crippen LogP contribution in [0.1, 0.15) is 39.5 Å². The number of carboxylic acids is 1. The number of likely N-dealkylation sites (tertiary alicyclic amines) is 2. The van der Waals surface area contributed by atoms with Gasteiger partial charge in [-0.25, -0.2) is 4.79 Å². The van der Waals surface area contributed by atoms with Crippen LogP contribution in [0.5, 0.6) is 0 Å². The fourth-order valence-corrected chi connectivity index (χ4v) is 3.40. The summed E-state index contributed by atoms with van der Waals surface area (Å²) in [6, 6.07) is 0.154. The summed E-state index contributed by atoms with van der Waals surface area (Å²) < 4.78 is 0. The van der Waals surface area contributed by atoms with E-state index in [1.807, 2.05) is 16.7 Å². The van der Waals surface area contributed by atoms with E-state index in [9.17, 15) is 9.59 Å². The number of nitrogens with zero attached hydrogens (tertiary/aromatic N) is 2. The lowest BCUT2D eigenvalue weighted by molar-refractivity contribution is -0.138. The van der Waals surface area contributed by atoms with Crippen LogP contribution in [0.2, 0.25) is 0 Å². The first-order chi connectivity index (χ1) is 9.47. The number of hydrogen-bond acceptors (Lipinski definition) is 2. The predicted molar refractivity (Wildman–Crippen MR) is 76.5 cm³/mol. The van der Waals surface area contributed by atoms with Crippen molar-refractivity contribution in [2.75, 3.05) is 26.2 Å². The third-order valence-electron chi connectivity index (χ3n) is 4.72. The summed E-state index contributed by atoms with van der Waals surface area (Å²) in [5.74, 6) is 0.323. The van der Waals surface area contributed by atoms with Gasteiger partial charge < -0.3 is 14.9 Å². The summed E-state index contributed by atoms with van der Waals surface area (Å²) in [7, 11) is 0. The number of carboxylic acid groups (broad SMARTS) is 1. The zero-order valence-electron chi connectivity index (χ0n) is 12.5. The lowest BCUT2D eigenvalue weighted by Gasteiger charge is -2.37. The zero-order valence-corrected chi connectivity index (χ0v) is 12.5. The highest BCUT2D eigenvalue weighted by atomic mass is 16.4. The van der Waals surface area contributed by atoms with E-state index in [0.29, 0.717) is 11.8 Å². The average molecular weight is 282 g/mol. The Kier molecular flexibility index (Phi) is 4.89. The molecule has 0 aromatic heterocycles. The molecule has 5 heteroatoms. The number of aliphatic carboxylic acids is 1. The van der Waals surface area contributed by atoms with Crippen LogP contribution in [0, 0.1) is 17.8 Å². The van der Waals surface area contributed by atoms with Gasteiger partial charge in [-0.15, -0.1) is 0 Å². The highest BCUT2D eigenvalue weighted by Gasteiger charge is 2.32. The van der Waals surface area contributed by atoms with Gasteiger partial charge in [0.25, 0.3) is 0 Å². The van der Waals surface area contributed by atoms with Crippen molar-refractivity contribution < 1.29 is 14.7 Å². The third-order valence-corrected chi connectivity index (χ3v) is 4.72. The molecule has 2 rings (SSSR count). The number of urea groups is 1. The minimum atomic E-state index is -0.741. The molecule has 0 saturated carbocycles. The Morgan fingerprint density at radius 2 is 1.90 bits per heavy atom. The smallest absolute Gasteiger partial charge is 0.320 e. The largest absolute Gasteiger partial charge is 0.481 e. The minimum absolute atomic E-state index is 0.139. The van der Waals surface area contributed by atoms with Crippen LogP contribution in [0.15, 0.2) is 0 Å². The van der Waals surface area contributed by atoms with E-state index in [2.05, 4.69) is 6.92 Å². The highest BCUT2D eigenvalue weighted by molar-refractivity contribution is 5.75. The molecule has 0 aliphatic carbocycles. The number of piperidine rings is 1. The Morgan fingerprint density at radius 3 is 2.50 bits per heavy atom. The van der Waals surface area contributed by atoms with E-state index >= 15 is 0 Å². The van der Waals surface area contributed by atoms with Crippen molar-refractivity contribution in [1.82, 2.24) is 9.80 Å². The monoisotopic (exact) mass is 282 g/mol. The van der Waals surface area contributed by atoms with Crippen molar-refractivity contribution in [2.24, 2.45) is 17.8 Å². The molecule has 2 saturated heterocycles. The number of carbonyl (C=O) groups excluding carboxylic acids is 1. The van der Waals surface area contributed by atoms with Crippen LogP contribution in [-0.2, 0) is 4.79 Å². The molecular weight excluding hydrogens is 256 g/mol. The van der Waals surface area contributed by atoms with Crippen LogP contribution < -0.4 is 0 Å². The van der Waals surface area contributed by atoms with E-state index in [1.54, 1.807) is 0 Å². The summed E-state index contributed by atoms with van der Waals surface area (Å²) in [6.07, 6.45) is 3.32. The molecule has 20 heavy (non-hydrogen) atoms. The zero-order chi connectivity index (χ0) is 14.7. The summed E-state index contributed by atoms with van der Waals surface area (Å²) in [5, 5.41) is 8.90. The molecule has 5 nitrogen and oxygen atoms in total. The minimum Gasteiger partial charge on any atom is -0.481 e. The summed E-state index contributed by atoms with van der Waals surface area (Å²) in [6.45, 7) is 7.45. The topological polar surface area (TPSA) is 60.9 Å². The molecule has 2 fully saturated rings. The molecule has 2 amide bonds. The fraction of sp³-hybridized carbons (Fsp3) is 0.867. The molecule has 0 aromatic rings. The molecular formula is C15H26N2O3. The van der Waals surface area contributed by atoms with Crippen molar-refractivity contribution >= 4 is 12.0 Å². The molecule has 2 heterocycles. The first-order valence-electron chi connectivity index (χ1n) is 7.73. The Balaban J connectivity index is 1.89. The number of rotatable bonds is 3. The van der Waals surface area contributed by atoms with Crippen LogP contribution >= 0.6 is 0 Å². The number of amides is 2. The molecule has 0 aromatic carbocycles. The van der Waals surface area contributed by atoms with Gasteiger partial charge in [0.2, 0.25) is 0 Å². The molecule has 0 bridgehead atoms. The van der Waals surface area contributed by atoms with Gasteiger partial charge in [0.05, 0.1) is 0 Å². The van der Waals surface area contributed by atoms with E-state index in [4.69, 9.17) is 5.11 Å². The molecule has 0 radical (unpaired) electrons. The summed E-state index contributed by atoms with van der Waals surface area (Å²) in [5.41, 5.74) is 0. The Hall–Kier alpha value is -1.26. The Morgan fingerprint density at radius 1 is 1.20 bits per heavy atom.